The second kappa shape index (κ2) is 5.70. The molecule has 3 rings (SSSR count). The molecule has 0 spiro atoms. The van der Waals surface area contributed by atoms with Crippen molar-refractivity contribution in [3.05, 3.63) is 12.4 Å². The van der Waals surface area contributed by atoms with Gasteiger partial charge in [0.05, 0.1) is 11.9 Å². The molecule has 1 unspecified atom stereocenters. The largest absolute Gasteiger partial charge is 0.379 e. The highest BCUT2D eigenvalue weighted by molar-refractivity contribution is 5.76. The van der Waals surface area contributed by atoms with E-state index in [-0.39, 0.29) is 5.91 Å². The van der Waals surface area contributed by atoms with E-state index in [1.54, 1.807) is 4.68 Å². The van der Waals surface area contributed by atoms with Crippen LogP contribution in [0.5, 0.6) is 0 Å². The van der Waals surface area contributed by atoms with E-state index in [0.717, 1.165) is 18.5 Å². The van der Waals surface area contributed by atoms with Gasteiger partial charge < -0.3 is 10.6 Å². The maximum absolute atomic E-state index is 11.8. The molecule has 1 atom stereocenters. The predicted octanol–water partition coefficient (Wildman–Crippen LogP) is 2.54. The molecule has 116 valence electrons. The van der Waals surface area contributed by atoms with Crippen molar-refractivity contribution in [3.63, 3.8) is 0 Å². The zero-order chi connectivity index (χ0) is 14.9. The normalized spacial score (nSPS) is 24.6. The molecule has 2 fully saturated rings. The van der Waals surface area contributed by atoms with Crippen molar-refractivity contribution < 1.29 is 4.79 Å². The van der Waals surface area contributed by atoms with Gasteiger partial charge in [0, 0.05) is 18.3 Å². The summed E-state index contributed by atoms with van der Waals surface area (Å²) in [7, 11) is 0. The number of carbonyl (C=O) groups excluding carboxylic acids is 1. The third kappa shape index (κ3) is 3.77. The van der Waals surface area contributed by atoms with Crippen LogP contribution in [0.1, 0.15) is 52.4 Å². The van der Waals surface area contributed by atoms with Gasteiger partial charge in [0.25, 0.3) is 0 Å². The fraction of sp³-hybridized carbons (Fsp3) is 0.750. The quantitative estimate of drug-likeness (QED) is 0.876. The Bertz CT molecular complexity index is 504. The van der Waals surface area contributed by atoms with Crippen LogP contribution >= 0.6 is 0 Å². The Morgan fingerprint density at radius 2 is 2.19 bits per heavy atom. The van der Waals surface area contributed by atoms with Gasteiger partial charge in [-0.25, -0.2) is 0 Å². The van der Waals surface area contributed by atoms with Crippen molar-refractivity contribution >= 4 is 11.6 Å². The molecule has 2 aliphatic carbocycles. The van der Waals surface area contributed by atoms with E-state index in [1.807, 2.05) is 12.4 Å². The lowest BCUT2D eigenvalue weighted by Gasteiger charge is -2.39. The van der Waals surface area contributed by atoms with Crippen LogP contribution in [0.15, 0.2) is 12.4 Å². The summed E-state index contributed by atoms with van der Waals surface area (Å²) in [6, 6.07) is 0.901. The maximum atomic E-state index is 11.8. The Balaban J connectivity index is 1.55. The van der Waals surface area contributed by atoms with Crippen LogP contribution in [-0.2, 0) is 11.3 Å². The summed E-state index contributed by atoms with van der Waals surface area (Å²) in [6.45, 7) is 4.97. The lowest BCUT2D eigenvalue weighted by molar-refractivity contribution is -0.122. The molecule has 1 aromatic heterocycles. The van der Waals surface area contributed by atoms with Crippen LogP contribution in [0.2, 0.25) is 0 Å². The van der Waals surface area contributed by atoms with Gasteiger partial charge in [0.15, 0.2) is 0 Å². The molecule has 5 nitrogen and oxygen atoms in total. The van der Waals surface area contributed by atoms with Gasteiger partial charge >= 0.3 is 0 Å². The molecular weight excluding hydrogens is 264 g/mol. The fourth-order valence-corrected chi connectivity index (χ4v) is 3.14. The average Bonchev–Trinajstić information content (AvgIpc) is 3.11. The molecule has 1 aromatic rings. The van der Waals surface area contributed by atoms with Crippen LogP contribution < -0.4 is 10.6 Å². The Morgan fingerprint density at radius 3 is 2.90 bits per heavy atom. The highest BCUT2D eigenvalue weighted by Crippen LogP contribution is 2.37. The molecule has 2 N–H and O–H groups in total. The number of hydrogen-bond acceptors (Lipinski definition) is 3. The second-order valence-electron chi connectivity index (χ2n) is 7.20. The fourth-order valence-electron chi connectivity index (χ4n) is 3.14. The summed E-state index contributed by atoms with van der Waals surface area (Å²) >= 11 is 0. The van der Waals surface area contributed by atoms with E-state index in [1.165, 1.54) is 25.7 Å². The topological polar surface area (TPSA) is 59.0 Å². The van der Waals surface area contributed by atoms with Crippen molar-refractivity contribution in [1.82, 2.24) is 15.1 Å². The van der Waals surface area contributed by atoms with Crippen molar-refractivity contribution in [2.24, 2.45) is 5.41 Å². The number of hydrogen-bond donors (Lipinski definition) is 2. The molecule has 21 heavy (non-hydrogen) atoms. The highest BCUT2D eigenvalue weighted by atomic mass is 16.2. The highest BCUT2D eigenvalue weighted by Gasteiger charge is 2.32. The van der Waals surface area contributed by atoms with Gasteiger partial charge in [-0.1, -0.05) is 26.7 Å². The molecule has 0 radical (unpaired) electrons. The molecular formula is C16H26N4O. The van der Waals surface area contributed by atoms with Crippen molar-refractivity contribution in [1.29, 1.82) is 0 Å². The molecule has 0 bridgehead atoms. The van der Waals surface area contributed by atoms with E-state index >= 15 is 0 Å². The average molecular weight is 290 g/mol. The Hall–Kier alpha value is -1.52. The molecule has 0 aliphatic heterocycles. The first kappa shape index (κ1) is 14.4. The van der Waals surface area contributed by atoms with Gasteiger partial charge in [-0.2, -0.15) is 5.10 Å². The maximum Gasteiger partial charge on any atom is 0.241 e. The summed E-state index contributed by atoms with van der Waals surface area (Å²) in [4.78, 5) is 11.8. The van der Waals surface area contributed by atoms with Crippen LogP contribution in [-0.4, -0.2) is 27.8 Å². The number of aromatic nitrogens is 2. The minimum Gasteiger partial charge on any atom is -0.379 e. The first-order valence-electron chi connectivity index (χ1n) is 8.11. The first-order valence-corrected chi connectivity index (χ1v) is 8.11. The lowest BCUT2D eigenvalue weighted by Crippen LogP contribution is -2.38. The molecule has 5 heteroatoms. The van der Waals surface area contributed by atoms with E-state index in [9.17, 15) is 4.79 Å². The summed E-state index contributed by atoms with van der Waals surface area (Å²) in [6.07, 6.45) is 11.1. The molecule has 0 saturated heterocycles. The first-order chi connectivity index (χ1) is 10.0. The summed E-state index contributed by atoms with van der Waals surface area (Å²) in [5.74, 6) is 0.0603. The number of nitrogens with zero attached hydrogens (tertiary/aromatic N) is 2. The summed E-state index contributed by atoms with van der Waals surface area (Å²) in [5.41, 5.74) is 1.35. The predicted molar refractivity (Wildman–Crippen MR) is 83.1 cm³/mol. The smallest absolute Gasteiger partial charge is 0.241 e. The molecule has 2 saturated carbocycles. The second-order valence-corrected chi connectivity index (χ2v) is 7.20. The Morgan fingerprint density at radius 1 is 1.38 bits per heavy atom. The minimum atomic E-state index is 0.0603. The minimum absolute atomic E-state index is 0.0603. The van der Waals surface area contributed by atoms with Gasteiger partial charge in [-0.15, -0.1) is 0 Å². The van der Waals surface area contributed by atoms with Crippen molar-refractivity contribution in [3.8, 4) is 0 Å². The number of anilines is 1. The van der Waals surface area contributed by atoms with Gasteiger partial charge in [0.2, 0.25) is 5.91 Å². The Labute approximate surface area is 126 Å². The molecule has 0 aromatic carbocycles. The molecule has 1 heterocycles. The van der Waals surface area contributed by atoms with Crippen molar-refractivity contribution in [2.45, 2.75) is 71.0 Å². The van der Waals surface area contributed by atoms with Crippen LogP contribution in [0.25, 0.3) is 0 Å². The zero-order valence-corrected chi connectivity index (χ0v) is 13.1. The van der Waals surface area contributed by atoms with E-state index in [2.05, 4.69) is 29.6 Å². The van der Waals surface area contributed by atoms with Gasteiger partial charge in [-0.3, -0.25) is 9.48 Å². The summed E-state index contributed by atoms with van der Waals surface area (Å²) < 4.78 is 1.72. The monoisotopic (exact) mass is 290 g/mol. The number of nitrogens with one attached hydrogen (secondary N) is 2. The standard InChI is InChI=1S/C16H26N4O/c1-16(2)8-4-3-5-14(16)18-13-9-17-20(10-13)11-15(21)19-12-6-7-12/h9-10,12,14,18H,3-8,11H2,1-2H3,(H,19,21). The van der Waals surface area contributed by atoms with Crippen LogP contribution in [0.3, 0.4) is 0 Å². The molecule has 1 amide bonds. The van der Waals surface area contributed by atoms with Gasteiger partial charge in [0.1, 0.15) is 6.54 Å². The number of amides is 1. The third-order valence-corrected chi connectivity index (χ3v) is 4.73. The van der Waals surface area contributed by atoms with Crippen LogP contribution in [0, 0.1) is 5.41 Å². The SMILES string of the molecule is CC1(C)CCCCC1Nc1cnn(CC(=O)NC2CC2)c1. The Kier molecular flexibility index (Phi) is 3.91. The van der Waals surface area contributed by atoms with Crippen molar-refractivity contribution in [2.75, 3.05) is 5.32 Å². The lowest BCUT2D eigenvalue weighted by atomic mass is 9.73. The van der Waals surface area contributed by atoms with E-state index in [0.29, 0.717) is 24.0 Å². The van der Waals surface area contributed by atoms with E-state index in [4.69, 9.17) is 0 Å². The van der Waals surface area contributed by atoms with E-state index < -0.39 is 0 Å². The summed E-state index contributed by atoms with van der Waals surface area (Å²) in [5, 5.41) is 10.9. The third-order valence-electron chi connectivity index (χ3n) is 4.73. The van der Waals surface area contributed by atoms with Crippen LogP contribution in [0.4, 0.5) is 5.69 Å². The zero-order valence-electron chi connectivity index (χ0n) is 13.1. The van der Waals surface area contributed by atoms with Gasteiger partial charge in [-0.05, 0) is 31.1 Å². The molecule has 2 aliphatic rings. The number of carbonyl (C=O) groups is 1. The number of rotatable bonds is 5.